The molecule has 0 nitrogen and oxygen atoms in total. The second-order valence-electron chi connectivity index (χ2n) is 6.90. The van der Waals surface area contributed by atoms with Gasteiger partial charge in [0.05, 0.1) is 0 Å². The van der Waals surface area contributed by atoms with Gasteiger partial charge in [0.2, 0.25) is 0 Å². The minimum atomic E-state index is 0.846. The Morgan fingerprint density at radius 2 is 1.69 bits per heavy atom. The lowest BCUT2D eigenvalue weighted by Crippen LogP contribution is -2.36. The van der Waals surface area contributed by atoms with E-state index < -0.39 is 0 Å². The molecular formula is C16H22. The topological polar surface area (TPSA) is 0 Å². The Morgan fingerprint density at radius 3 is 2.31 bits per heavy atom. The fraction of sp³-hybridized carbons (Fsp3) is 0.750. The van der Waals surface area contributed by atoms with Gasteiger partial charge in [0, 0.05) is 0 Å². The average Bonchev–Trinajstić information content (AvgIpc) is 2.92. The van der Waals surface area contributed by atoms with Crippen LogP contribution in [0.15, 0.2) is 24.3 Å². The Morgan fingerprint density at radius 1 is 1.06 bits per heavy atom. The predicted molar refractivity (Wildman–Crippen MR) is 66.8 cm³/mol. The normalized spacial score (nSPS) is 60.6. The number of fused-ring (bicyclic) bond motifs is 9. The van der Waals surface area contributed by atoms with Crippen LogP contribution in [0.2, 0.25) is 0 Å². The first-order valence-electron chi connectivity index (χ1n) is 7.02. The summed E-state index contributed by atoms with van der Waals surface area (Å²) in [4.78, 5) is 0. The van der Waals surface area contributed by atoms with Crippen LogP contribution in [0.1, 0.15) is 26.7 Å². The van der Waals surface area contributed by atoms with Crippen molar-refractivity contribution in [3.63, 3.8) is 0 Å². The van der Waals surface area contributed by atoms with E-state index in [-0.39, 0.29) is 0 Å². The molecule has 4 bridgehead atoms. The molecule has 0 aromatic carbocycles. The molecule has 0 aromatic heterocycles. The molecule has 0 radical (unpaired) electrons. The number of rotatable bonds is 1. The monoisotopic (exact) mass is 214 g/mol. The van der Waals surface area contributed by atoms with Gasteiger partial charge in [-0.2, -0.15) is 0 Å². The minimum Gasteiger partial charge on any atom is -0.0998 e. The summed E-state index contributed by atoms with van der Waals surface area (Å²) in [5.41, 5.74) is 1.46. The molecule has 0 aliphatic heterocycles. The van der Waals surface area contributed by atoms with Crippen LogP contribution in [-0.2, 0) is 0 Å². The van der Waals surface area contributed by atoms with E-state index in [4.69, 9.17) is 0 Å². The number of hydrogen-bond donors (Lipinski definition) is 0. The molecular weight excluding hydrogens is 192 g/mol. The van der Waals surface area contributed by atoms with Crippen LogP contribution in [0.3, 0.4) is 0 Å². The SMILES string of the molecule is C=C(C)C1C(C)C2CC1C1C3C=CC(C3)C21. The first-order valence-corrected chi connectivity index (χ1v) is 7.02. The van der Waals surface area contributed by atoms with Gasteiger partial charge in [0.1, 0.15) is 0 Å². The summed E-state index contributed by atoms with van der Waals surface area (Å²) in [5.74, 6) is 7.77. The first kappa shape index (κ1) is 9.50. The van der Waals surface area contributed by atoms with Gasteiger partial charge in [-0.3, -0.25) is 0 Å². The summed E-state index contributed by atoms with van der Waals surface area (Å²) in [6.07, 6.45) is 8.07. The van der Waals surface area contributed by atoms with Crippen molar-refractivity contribution in [3.8, 4) is 0 Å². The molecule has 8 atom stereocenters. The molecule has 3 fully saturated rings. The van der Waals surface area contributed by atoms with Crippen molar-refractivity contribution >= 4 is 0 Å². The number of allylic oxidation sites excluding steroid dienone is 3. The summed E-state index contributed by atoms with van der Waals surface area (Å²) in [6, 6.07) is 0. The Balaban J connectivity index is 1.74. The van der Waals surface area contributed by atoms with Crippen molar-refractivity contribution in [1.82, 2.24) is 0 Å². The van der Waals surface area contributed by atoms with Gasteiger partial charge in [-0.15, -0.1) is 0 Å². The molecule has 0 N–H and O–H groups in total. The highest BCUT2D eigenvalue weighted by Crippen LogP contribution is 2.69. The minimum absolute atomic E-state index is 0.846. The maximum Gasteiger partial charge on any atom is -0.0149 e. The van der Waals surface area contributed by atoms with Crippen molar-refractivity contribution in [1.29, 1.82) is 0 Å². The molecule has 0 heteroatoms. The summed E-state index contributed by atoms with van der Waals surface area (Å²) < 4.78 is 0. The predicted octanol–water partition coefficient (Wildman–Crippen LogP) is 3.90. The third-order valence-electron chi connectivity index (χ3n) is 6.39. The zero-order valence-electron chi connectivity index (χ0n) is 10.4. The van der Waals surface area contributed by atoms with Crippen molar-refractivity contribution in [3.05, 3.63) is 24.3 Å². The van der Waals surface area contributed by atoms with Crippen LogP contribution in [0.5, 0.6) is 0 Å². The lowest BCUT2D eigenvalue weighted by molar-refractivity contribution is 0.117. The Labute approximate surface area is 98.8 Å². The van der Waals surface area contributed by atoms with E-state index in [0.29, 0.717) is 0 Å². The van der Waals surface area contributed by atoms with Crippen molar-refractivity contribution in [2.45, 2.75) is 26.7 Å². The fourth-order valence-electron chi connectivity index (χ4n) is 6.15. The van der Waals surface area contributed by atoms with Gasteiger partial charge < -0.3 is 0 Å². The summed E-state index contributed by atoms with van der Waals surface area (Å²) in [6.45, 7) is 9.02. The molecule has 4 rings (SSSR count). The highest BCUT2D eigenvalue weighted by molar-refractivity contribution is 5.24. The van der Waals surface area contributed by atoms with E-state index in [1.807, 2.05) is 0 Å². The van der Waals surface area contributed by atoms with E-state index in [1.54, 1.807) is 0 Å². The van der Waals surface area contributed by atoms with E-state index in [0.717, 1.165) is 47.3 Å². The first-order chi connectivity index (χ1) is 7.68. The largest absolute Gasteiger partial charge is 0.0998 e. The number of hydrogen-bond acceptors (Lipinski definition) is 0. The van der Waals surface area contributed by atoms with Crippen LogP contribution in [0, 0.1) is 47.3 Å². The molecule has 4 aliphatic carbocycles. The van der Waals surface area contributed by atoms with Crippen LogP contribution in [0.4, 0.5) is 0 Å². The lowest BCUT2D eigenvalue weighted by Gasteiger charge is -2.41. The molecule has 0 aromatic rings. The lowest BCUT2D eigenvalue weighted by atomic mass is 9.64. The molecule has 0 saturated heterocycles. The molecule has 0 amide bonds. The van der Waals surface area contributed by atoms with E-state index in [1.165, 1.54) is 18.4 Å². The molecule has 16 heavy (non-hydrogen) atoms. The van der Waals surface area contributed by atoms with Gasteiger partial charge in [-0.25, -0.2) is 0 Å². The van der Waals surface area contributed by atoms with Gasteiger partial charge in [-0.05, 0) is 67.1 Å². The molecule has 86 valence electrons. The maximum atomic E-state index is 4.26. The quantitative estimate of drug-likeness (QED) is 0.458. The summed E-state index contributed by atoms with van der Waals surface area (Å²) >= 11 is 0. The third kappa shape index (κ3) is 0.893. The van der Waals surface area contributed by atoms with Crippen molar-refractivity contribution in [2.24, 2.45) is 47.3 Å². The van der Waals surface area contributed by atoms with Gasteiger partial charge >= 0.3 is 0 Å². The van der Waals surface area contributed by atoms with Gasteiger partial charge in [0.25, 0.3) is 0 Å². The van der Waals surface area contributed by atoms with E-state index in [9.17, 15) is 0 Å². The summed E-state index contributed by atoms with van der Waals surface area (Å²) in [5, 5.41) is 0. The third-order valence-corrected chi connectivity index (χ3v) is 6.39. The highest BCUT2D eigenvalue weighted by Gasteiger charge is 2.63. The van der Waals surface area contributed by atoms with Crippen LogP contribution >= 0.6 is 0 Å². The van der Waals surface area contributed by atoms with Gasteiger partial charge in [-0.1, -0.05) is 31.2 Å². The molecule has 4 aliphatic rings. The Hall–Kier alpha value is -0.520. The standard InChI is InChI=1S/C16H22/c1-8(2)14-9(3)12-7-13(14)16-11-5-4-10(6-11)15(12)16/h4-5,9-16H,1,6-7H2,2-3H3. The molecule has 3 saturated carbocycles. The van der Waals surface area contributed by atoms with E-state index in [2.05, 4.69) is 32.6 Å². The summed E-state index contributed by atoms with van der Waals surface area (Å²) in [7, 11) is 0. The van der Waals surface area contributed by atoms with Crippen LogP contribution in [0.25, 0.3) is 0 Å². The maximum absolute atomic E-state index is 4.26. The molecule has 0 spiro atoms. The Kier molecular flexibility index (Phi) is 1.68. The molecule has 0 heterocycles. The average molecular weight is 214 g/mol. The van der Waals surface area contributed by atoms with Crippen molar-refractivity contribution < 1.29 is 0 Å². The zero-order chi connectivity index (χ0) is 11.0. The van der Waals surface area contributed by atoms with E-state index >= 15 is 0 Å². The highest BCUT2D eigenvalue weighted by atomic mass is 14.7. The van der Waals surface area contributed by atoms with Crippen LogP contribution in [-0.4, -0.2) is 0 Å². The van der Waals surface area contributed by atoms with Crippen LogP contribution < -0.4 is 0 Å². The second kappa shape index (κ2) is 2.83. The van der Waals surface area contributed by atoms with Crippen molar-refractivity contribution in [2.75, 3.05) is 0 Å². The smallest absolute Gasteiger partial charge is 0.0149 e. The second-order valence-corrected chi connectivity index (χ2v) is 6.90. The Bertz CT molecular complexity index is 377. The van der Waals surface area contributed by atoms with Gasteiger partial charge in [0.15, 0.2) is 0 Å². The molecule has 8 unspecified atom stereocenters. The fourth-order valence-corrected chi connectivity index (χ4v) is 6.15. The zero-order valence-corrected chi connectivity index (χ0v) is 10.4.